The lowest BCUT2D eigenvalue weighted by atomic mass is 9.98. The Morgan fingerprint density at radius 2 is 2.05 bits per heavy atom. The topological polar surface area (TPSA) is 12.0 Å². The number of halogens is 2. The Kier molecular flexibility index (Phi) is 5.91. The van der Waals surface area contributed by atoms with Crippen molar-refractivity contribution < 1.29 is 0 Å². The van der Waals surface area contributed by atoms with Crippen LogP contribution in [0.3, 0.4) is 0 Å². The van der Waals surface area contributed by atoms with Crippen molar-refractivity contribution >= 4 is 34.5 Å². The lowest BCUT2D eigenvalue weighted by Crippen LogP contribution is -2.24. The van der Waals surface area contributed by atoms with E-state index in [0.717, 1.165) is 35.0 Å². The Labute approximate surface area is 134 Å². The van der Waals surface area contributed by atoms with Crippen molar-refractivity contribution in [3.63, 3.8) is 0 Å². The highest BCUT2D eigenvalue weighted by Crippen LogP contribution is 2.29. The van der Waals surface area contributed by atoms with Gasteiger partial charge in [0.1, 0.15) is 0 Å². The van der Waals surface area contributed by atoms with Crippen molar-refractivity contribution in [3.8, 4) is 0 Å². The first-order valence-corrected chi connectivity index (χ1v) is 8.51. The SMILES string of the molecule is CCCNC(Cc1cc(Cl)ccc1Cl)c1cscc1C. The number of thiophene rings is 1. The zero-order valence-electron chi connectivity index (χ0n) is 11.7. The van der Waals surface area contributed by atoms with Crippen LogP contribution in [0.2, 0.25) is 10.0 Å². The second-order valence-corrected chi connectivity index (χ2v) is 6.54. The quantitative estimate of drug-likeness (QED) is 0.723. The van der Waals surface area contributed by atoms with Crippen LogP contribution in [-0.4, -0.2) is 6.54 Å². The molecule has 0 aliphatic carbocycles. The number of nitrogens with one attached hydrogen (secondary N) is 1. The van der Waals surface area contributed by atoms with Gasteiger partial charge in [0.25, 0.3) is 0 Å². The third kappa shape index (κ3) is 3.98. The summed E-state index contributed by atoms with van der Waals surface area (Å²) in [5.74, 6) is 0. The Bertz CT molecular complexity index is 565. The fourth-order valence-corrected chi connectivity index (χ4v) is 3.55. The summed E-state index contributed by atoms with van der Waals surface area (Å²) in [6, 6.07) is 5.96. The van der Waals surface area contributed by atoms with E-state index in [-0.39, 0.29) is 6.04 Å². The van der Waals surface area contributed by atoms with Crippen LogP contribution < -0.4 is 5.32 Å². The van der Waals surface area contributed by atoms with E-state index < -0.39 is 0 Å². The minimum Gasteiger partial charge on any atom is -0.310 e. The smallest absolute Gasteiger partial charge is 0.0439 e. The second-order valence-electron chi connectivity index (χ2n) is 4.96. The molecule has 0 spiro atoms. The normalized spacial score (nSPS) is 12.6. The summed E-state index contributed by atoms with van der Waals surface area (Å²) < 4.78 is 0. The zero-order valence-corrected chi connectivity index (χ0v) is 14.1. The predicted molar refractivity (Wildman–Crippen MR) is 90.3 cm³/mol. The third-order valence-electron chi connectivity index (χ3n) is 3.34. The molecule has 0 saturated heterocycles. The molecule has 1 nitrogen and oxygen atoms in total. The number of hydrogen-bond acceptors (Lipinski definition) is 2. The van der Waals surface area contributed by atoms with Crippen molar-refractivity contribution in [1.82, 2.24) is 5.32 Å². The lowest BCUT2D eigenvalue weighted by Gasteiger charge is -2.20. The molecule has 2 aromatic rings. The molecule has 2 rings (SSSR count). The molecule has 1 aromatic carbocycles. The molecule has 0 aliphatic heterocycles. The minimum atomic E-state index is 0.289. The van der Waals surface area contributed by atoms with Crippen LogP contribution >= 0.6 is 34.5 Å². The highest BCUT2D eigenvalue weighted by atomic mass is 35.5. The molecule has 1 unspecified atom stereocenters. The summed E-state index contributed by atoms with van der Waals surface area (Å²) in [5.41, 5.74) is 3.79. The van der Waals surface area contributed by atoms with Gasteiger partial charge in [-0.05, 0) is 72.0 Å². The van der Waals surface area contributed by atoms with Gasteiger partial charge in [-0.25, -0.2) is 0 Å². The molecule has 1 atom stereocenters. The van der Waals surface area contributed by atoms with Crippen molar-refractivity contribution in [2.75, 3.05) is 6.54 Å². The summed E-state index contributed by atoms with van der Waals surface area (Å²) in [6.07, 6.45) is 1.97. The zero-order chi connectivity index (χ0) is 14.5. The molecule has 108 valence electrons. The molecule has 20 heavy (non-hydrogen) atoms. The standard InChI is InChI=1S/C16H19Cl2NS/c1-3-6-19-16(14-10-20-9-11(14)2)8-12-7-13(17)4-5-15(12)18/h4-5,7,9-10,16,19H,3,6,8H2,1-2H3. The van der Waals surface area contributed by atoms with Gasteiger partial charge >= 0.3 is 0 Å². The molecule has 4 heteroatoms. The van der Waals surface area contributed by atoms with Crippen molar-refractivity contribution in [1.29, 1.82) is 0 Å². The van der Waals surface area contributed by atoms with Gasteiger partial charge in [0, 0.05) is 16.1 Å². The number of rotatable bonds is 6. The van der Waals surface area contributed by atoms with Crippen LogP contribution in [0, 0.1) is 6.92 Å². The Morgan fingerprint density at radius 3 is 2.70 bits per heavy atom. The molecule has 0 radical (unpaired) electrons. The van der Waals surface area contributed by atoms with Gasteiger partial charge in [0.15, 0.2) is 0 Å². The fraction of sp³-hybridized carbons (Fsp3) is 0.375. The molecular formula is C16H19Cl2NS. The highest BCUT2D eigenvalue weighted by molar-refractivity contribution is 7.08. The second kappa shape index (κ2) is 7.46. The monoisotopic (exact) mass is 327 g/mol. The summed E-state index contributed by atoms with van der Waals surface area (Å²) in [7, 11) is 0. The molecule has 0 amide bonds. The molecule has 1 aromatic heterocycles. The van der Waals surface area contributed by atoms with E-state index in [0.29, 0.717) is 0 Å². The maximum Gasteiger partial charge on any atom is 0.0439 e. The van der Waals surface area contributed by atoms with E-state index in [1.165, 1.54) is 11.1 Å². The Morgan fingerprint density at radius 1 is 1.25 bits per heavy atom. The Balaban J connectivity index is 2.23. The maximum absolute atomic E-state index is 6.29. The first-order chi connectivity index (χ1) is 9.61. The fourth-order valence-electron chi connectivity index (χ4n) is 2.26. The van der Waals surface area contributed by atoms with Gasteiger partial charge in [-0.3, -0.25) is 0 Å². The van der Waals surface area contributed by atoms with Gasteiger partial charge in [-0.2, -0.15) is 11.3 Å². The molecule has 1 N–H and O–H groups in total. The molecular weight excluding hydrogens is 309 g/mol. The Hall–Kier alpha value is -0.540. The average Bonchev–Trinajstić information content (AvgIpc) is 2.84. The van der Waals surface area contributed by atoms with E-state index in [9.17, 15) is 0 Å². The van der Waals surface area contributed by atoms with Gasteiger partial charge in [0.05, 0.1) is 0 Å². The first kappa shape index (κ1) is 15.8. The predicted octanol–water partition coefficient (Wildman–Crippen LogP) is 5.65. The molecule has 1 heterocycles. The molecule has 0 saturated carbocycles. The summed E-state index contributed by atoms with van der Waals surface area (Å²) in [4.78, 5) is 0. The van der Waals surface area contributed by atoms with Gasteiger partial charge in [0.2, 0.25) is 0 Å². The van der Waals surface area contributed by atoms with Crippen LogP contribution in [0.25, 0.3) is 0 Å². The van der Waals surface area contributed by atoms with Gasteiger partial charge in [-0.1, -0.05) is 30.1 Å². The summed E-state index contributed by atoms with van der Waals surface area (Å²) >= 11 is 14.1. The third-order valence-corrected chi connectivity index (χ3v) is 4.83. The molecule has 0 aliphatic rings. The van der Waals surface area contributed by atoms with E-state index >= 15 is 0 Å². The van der Waals surface area contributed by atoms with Crippen molar-refractivity contribution in [2.45, 2.75) is 32.7 Å². The van der Waals surface area contributed by atoms with Gasteiger partial charge in [-0.15, -0.1) is 0 Å². The maximum atomic E-state index is 6.29. The van der Waals surface area contributed by atoms with Crippen LogP contribution in [0.15, 0.2) is 29.0 Å². The van der Waals surface area contributed by atoms with Crippen LogP contribution in [0.5, 0.6) is 0 Å². The molecule has 0 fully saturated rings. The van der Waals surface area contributed by atoms with E-state index in [4.69, 9.17) is 23.2 Å². The highest BCUT2D eigenvalue weighted by Gasteiger charge is 2.16. The summed E-state index contributed by atoms with van der Waals surface area (Å²) in [6.45, 7) is 5.33. The average molecular weight is 328 g/mol. The number of benzene rings is 1. The number of aryl methyl sites for hydroxylation is 1. The van der Waals surface area contributed by atoms with E-state index in [1.807, 2.05) is 18.2 Å². The molecule has 0 bridgehead atoms. The van der Waals surface area contributed by atoms with Crippen molar-refractivity contribution in [2.24, 2.45) is 0 Å². The first-order valence-electron chi connectivity index (χ1n) is 6.81. The summed E-state index contributed by atoms with van der Waals surface area (Å²) in [5, 5.41) is 9.55. The minimum absolute atomic E-state index is 0.289. The van der Waals surface area contributed by atoms with Crippen molar-refractivity contribution in [3.05, 3.63) is 55.7 Å². The van der Waals surface area contributed by atoms with Gasteiger partial charge < -0.3 is 5.32 Å². The largest absolute Gasteiger partial charge is 0.310 e. The van der Waals surface area contributed by atoms with Crippen LogP contribution in [-0.2, 0) is 6.42 Å². The van der Waals surface area contributed by atoms with Crippen LogP contribution in [0.1, 0.15) is 36.1 Å². The number of hydrogen-bond donors (Lipinski definition) is 1. The van der Waals surface area contributed by atoms with E-state index in [1.54, 1.807) is 11.3 Å². The van der Waals surface area contributed by atoms with Crippen LogP contribution in [0.4, 0.5) is 0 Å². The van der Waals surface area contributed by atoms with E-state index in [2.05, 4.69) is 29.9 Å². The lowest BCUT2D eigenvalue weighted by molar-refractivity contribution is 0.528.